The van der Waals surface area contributed by atoms with Crippen LogP contribution >= 0.6 is 27.5 Å². The molecule has 0 radical (unpaired) electrons. The monoisotopic (exact) mass is 315 g/mol. The van der Waals surface area contributed by atoms with Gasteiger partial charge in [-0.1, -0.05) is 27.5 Å². The molecule has 0 bridgehead atoms. The summed E-state index contributed by atoms with van der Waals surface area (Å²) in [6, 6.07) is 6.36. The first-order valence-electron chi connectivity index (χ1n) is 4.80. The SMILES string of the molecule is Fc1ccc(Br)cc1CNc1cc(Cl)ncn1. The van der Waals surface area contributed by atoms with E-state index in [0.717, 1.165) is 4.47 Å². The van der Waals surface area contributed by atoms with Crippen LogP contribution in [-0.2, 0) is 6.54 Å². The number of hydrogen-bond donors (Lipinski definition) is 1. The maximum atomic E-state index is 13.4. The molecule has 17 heavy (non-hydrogen) atoms. The smallest absolute Gasteiger partial charge is 0.134 e. The Bertz CT molecular complexity index is 536. The summed E-state index contributed by atoms with van der Waals surface area (Å²) < 4.78 is 14.3. The lowest BCUT2D eigenvalue weighted by molar-refractivity contribution is 0.612. The zero-order valence-electron chi connectivity index (χ0n) is 8.62. The summed E-state index contributed by atoms with van der Waals surface area (Å²) in [4.78, 5) is 7.73. The van der Waals surface area contributed by atoms with Crippen molar-refractivity contribution in [2.24, 2.45) is 0 Å². The molecule has 2 rings (SSSR count). The second kappa shape index (κ2) is 5.42. The molecule has 6 heteroatoms. The average Bonchev–Trinajstić information content (AvgIpc) is 2.30. The fourth-order valence-electron chi connectivity index (χ4n) is 1.29. The van der Waals surface area contributed by atoms with Crippen LogP contribution in [0.3, 0.4) is 0 Å². The van der Waals surface area contributed by atoms with Crippen LogP contribution in [0.25, 0.3) is 0 Å². The predicted octanol–water partition coefficient (Wildman–Crippen LogP) is 3.64. The molecular formula is C11H8BrClFN3. The van der Waals surface area contributed by atoms with Gasteiger partial charge < -0.3 is 5.32 Å². The van der Waals surface area contributed by atoms with Crippen molar-refractivity contribution in [3.8, 4) is 0 Å². The van der Waals surface area contributed by atoms with E-state index in [9.17, 15) is 4.39 Å². The maximum absolute atomic E-state index is 13.4. The Balaban J connectivity index is 2.09. The van der Waals surface area contributed by atoms with Gasteiger partial charge in [-0.2, -0.15) is 0 Å². The van der Waals surface area contributed by atoms with Gasteiger partial charge in [-0.15, -0.1) is 0 Å². The number of rotatable bonds is 3. The van der Waals surface area contributed by atoms with Crippen LogP contribution in [0.1, 0.15) is 5.56 Å². The number of benzene rings is 1. The molecule has 0 unspecified atom stereocenters. The Morgan fingerprint density at radius 2 is 2.12 bits per heavy atom. The number of halogens is 3. The van der Waals surface area contributed by atoms with Crippen LogP contribution in [0.5, 0.6) is 0 Å². The molecule has 0 saturated carbocycles. The van der Waals surface area contributed by atoms with Gasteiger partial charge in [0, 0.05) is 22.6 Å². The molecule has 0 amide bonds. The lowest BCUT2D eigenvalue weighted by Crippen LogP contribution is -2.03. The third kappa shape index (κ3) is 3.38. The first-order valence-corrected chi connectivity index (χ1v) is 5.97. The molecule has 0 aliphatic rings. The highest BCUT2D eigenvalue weighted by atomic mass is 79.9. The number of hydrogen-bond acceptors (Lipinski definition) is 3. The molecule has 1 N–H and O–H groups in total. The van der Waals surface area contributed by atoms with Crippen LogP contribution in [0, 0.1) is 5.82 Å². The summed E-state index contributed by atoms with van der Waals surface area (Å²) in [7, 11) is 0. The van der Waals surface area contributed by atoms with E-state index in [1.165, 1.54) is 12.4 Å². The van der Waals surface area contributed by atoms with Gasteiger partial charge in [0.2, 0.25) is 0 Å². The normalized spacial score (nSPS) is 10.3. The average molecular weight is 317 g/mol. The highest BCUT2D eigenvalue weighted by Gasteiger charge is 2.03. The third-order valence-electron chi connectivity index (χ3n) is 2.10. The fraction of sp³-hybridized carbons (Fsp3) is 0.0909. The zero-order valence-corrected chi connectivity index (χ0v) is 11.0. The van der Waals surface area contributed by atoms with Crippen molar-refractivity contribution in [2.75, 3.05) is 5.32 Å². The minimum atomic E-state index is -0.263. The van der Waals surface area contributed by atoms with Gasteiger partial charge in [0.25, 0.3) is 0 Å². The first kappa shape index (κ1) is 12.3. The number of anilines is 1. The largest absolute Gasteiger partial charge is 0.366 e. The van der Waals surface area contributed by atoms with Gasteiger partial charge in [-0.3, -0.25) is 0 Å². The molecule has 0 fully saturated rings. The van der Waals surface area contributed by atoms with Crippen molar-refractivity contribution in [2.45, 2.75) is 6.54 Å². The number of nitrogens with one attached hydrogen (secondary N) is 1. The molecule has 2 aromatic rings. The molecule has 3 nitrogen and oxygen atoms in total. The van der Waals surface area contributed by atoms with Gasteiger partial charge in [0.05, 0.1) is 0 Å². The highest BCUT2D eigenvalue weighted by Crippen LogP contribution is 2.17. The minimum absolute atomic E-state index is 0.263. The molecule has 1 aromatic heterocycles. The van der Waals surface area contributed by atoms with Crippen molar-refractivity contribution in [3.63, 3.8) is 0 Å². The number of aromatic nitrogens is 2. The lowest BCUT2D eigenvalue weighted by Gasteiger charge is -2.07. The Labute approximate surface area is 111 Å². The standard InChI is InChI=1S/C11H8BrClFN3/c12-8-1-2-9(14)7(3-8)5-15-11-4-10(13)16-6-17-11/h1-4,6H,5H2,(H,15,16,17). The summed E-state index contributed by atoms with van der Waals surface area (Å²) >= 11 is 9.00. The van der Waals surface area contributed by atoms with Crippen molar-refractivity contribution in [1.29, 1.82) is 0 Å². The van der Waals surface area contributed by atoms with Gasteiger partial charge in [0.1, 0.15) is 23.1 Å². The van der Waals surface area contributed by atoms with Crippen molar-refractivity contribution >= 4 is 33.3 Å². The van der Waals surface area contributed by atoms with E-state index in [1.54, 1.807) is 18.2 Å². The predicted molar refractivity (Wildman–Crippen MR) is 68.5 cm³/mol. The molecule has 0 atom stereocenters. The van der Waals surface area contributed by atoms with Crippen LogP contribution in [0.2, 0.25) is 5.15 Å². The fourth-order valence-corrected chi connectivity index (χ4v) is 1.85. The van der Waals surface area contributed by atoms with Crippen LogP contribution in [-0.4, -0.2) is 9.97 Å². The van der Waals surface area contributed by atoms with Crippen molar-refractivity contribution in [1.82, 2.24) is 9.97 Å². The first-order chi connectivity index (χ1) is 8.15. The second-order valence-corrected chi connectivity index (χ2v) is 4.62. The van der Waals surface area contributed by atoms with E-state index < -0.39 is 0 Å². The Morgan fingerprint density at radius 1 is 1.29 bits per heavy atom. The molecule has 0 aliphatic heterocycles. The maximum Gasteiger partial charge on any atom is 0.134 e. The second-order valence-electron chi connectivity index (χ2n) is 3.32. The zero-order chi connectivity index (χ0) is 12.3. The van der Waals surface area contributed by atoms with E-state index in [4.69, 9.17) is 11.6 Å². The Kier molecular flexibility index (Phi) is 3.91. The van der Waals surface area contributed by atoms with Crippen molar-refractivity contribution < 1.29 is 4.39 Å². The van der Waals surface area contributed by atoms with Gasteiger partial charge >= 0.3 is 0 Å². The molecule has 0 saturated heterocycles. The van der Waals surface area contributed by atoms with Crippen LogP contribution in [0.4, 0.5) is 10.2 Å². The van der Waals surface area contributed by atoms with E-state index in [-0.39, 0.29) is 5.82 Å². The van der Waals surface area contributed by atoms with Gasteiger partial charge in [0.15, 0.2) is 0 Å². The summed E-state index contributed by atoms with van der Waals surface area (Å²) in [5, 5.41) is 3.32. The van der Waals surface area contributed by atoms with Gasteiger partial charge in [-0.05, 0) is 18.2 Å². The van der Waals surface area contributed by atoms with Crippen LogP contribution in [0.15, 0.2) is 35.1 Å². The van der Waals surface area contributed by atoms with E-state index >= 15 is 0 Å². The number of nitrogens with zero attached hydrogens (tertiary/aromatic N) is 2. The summed E-state index contributed by atoms with van der Waals surface area (Å²) in [5.41, 5.74) is 0.550. The quantitative estimate of drug-likeness (QED) is 0.879. The summed E-state index contributed by atoms with van der Waals surface area (Å²) in [6.45, 7) is 0.332. The highest BCUT2D eigenvalue weighted by molar-refractivity contribution is 9.10. The Hall–Kier alpha value is -1.20. The summed E-state index contributed by atoms with van der Waals surface area (Å²) in [5.74, 6) is 0.297. The molecule has 0 spiro atoms. The van der Waals surface area contributed by atoms with Gasteiger partial charge in [-0.25, -0.2) is 14.4 Å². The topological polar surface area (TPSA) is 37.8 Å². The summed E-state index contributed by atoms with van der Waals surface area (Å²) in [6.07, 6.45) is 1.35. The van der Waals surface area contributed by atoms with Crippen molar-refractivity contribution in [3.05, 3.63) is 51.6 Å². The molecule has 1 heterocycles. The van der Waals surface area contributed by atoms with Crippen LogP contribution < -0.4 is 5.32 Å². The molecule has 1 aromatic carbocycles. The lowest BCUT2D eigenvalue weighted by atomic mass is 10.2. The molecule has 0 aliphatic carbocycles. The minimum Gasteiger partial charge on any atom is -0.366 e. The molecular weight excluding hydrogens is 308 g/mol. The van der Waals surface area contributed by atoms with E-state index in [2.05, 4.69) is 31.2 Å². The Morgan fingerprint density at radius 3 is 2.88 bits per heavy atom. The third-order valence-corrected chi connectivity index (χ3v) is 2.80. The molecule has 88 valence electrons. The van der Waals surface area contributed by atoms with E-state index in [1.807, 2.05) is 0 Å². The van der Waals surface area contributed by atoms with E-state index in [0.29, 0.717) is 23.1 Å².